The minimum Gasteiger partial charge on any atom is -0.330 e. The Labute approximate surface area is 93.7 Å². The molecule has 1 aliphatic rings. The lowest BCUT2D eigenvalue weighted by Gasteiger charge is -2.14. The van der Waals surface area contributed by atoms with E-state index in [0.717, 1.165) is 30.5 Å². The maximum absolute atomic E-state index is 6.06. The Balaban J connectivity index is 1.90. The lowest BCUT2D eigenvalue weighted by molar-refractivity contribution is 0.318. The molecule has 2 heterocycles. The van der Waals surface area contributed by atoms with Crippen molar-refractivity contribution in [3.8, 4) is 0 Å². The Morgan fingerprint density at radius 3 is 3.07 bits per heavy atom. The van der Waals surface area contributed by atoms with Crippen LogP contribution < -0.4 is 5.73 Å². The summed E-state index contributed by atoms with van der Waals surface area (Å²) in [6, 6.07) is 2.11. The molecule has 0 aliphatic carbocycles. The minimum atomic E-state index is 0.687. The van der Waals surface area contributed by atoms with Crippen molar-refractivity contribution in [1.29, 1.82) is 0 Å². The Kier molecular flexibility index (Phi) is 3.44. The van der Waals surface area contributed by atoms with Crippen LogP contribution in [-0.2, 0) is 6.54 Å². The third-order valence-electron chi connectivity index (χ3n) is 2.79. The van der Waals surface area contributed by atoms with Gasteiger partial charge in [0.25, 0.3) is 0 Å². The van der Waals surface area contributed by atoms with E-state index in [4.69, 9.17) is 17.3 Å². The number of likely N-dealkylation sites (tertiary alicyclic amines) is 1. The molecule has 14 heavy (non-hydrogen) atoms. The molecule has 1 aromatic rings. The normalized spacial score (nSPS) is 23.1. The predicted octanol–water partition coefficient (Wildman–Crippen LogP) is 2.18. The molecule has 1 saturated heterocycles. The summed E-state index contributed by atoms with van der Waals surface area (Å²) in [7, 11) is 0. The first kappa shape index (κ1) is 10.4. The maximum atomic E-state index is 6.06. The standard InChI is InChI=1S/C10H15ClN2S/c11-10-9(2-4-14-10)7-13-3-1-8(5-12)6-13/h2,4,8H,1,3,5-7,12H2. The van der Waals surface area contributed by atoms with Crippen LogP contribution in [0.2, 0.25) is 4.34 Å². The molecule has 4 heteroatoms. The predicted molar refractivity (Wildman–Crippen MR) is 61.8 cm³/mol. The summed E-state index contributed by atoms with van der Waals surface area (Å²) in [4.78, 5) is 2.44. The molecule has 0 bridgehead atoms. The van der Waals surface area contributed by atoms with Gasteiger partial charge < -0.3 is 5.73 Å². The summed E-state index contributed by atoms with van der Waals surface area (Å²) in [6.07, 6.45) is 1.23. The largest absolute Gasteiger partial charge is 0.330 e. The minimum absolute atomic E-state index is 0.687. The number of nitrogens with zero attached hydrogens (tertiary/aromatic N) is 1. The highest BCUT2D eigenvalue weighted by molar-refractivity contribution is 7.14. The lowest BCUT2D eigenvalue weighted by atomic mass is 10.1. The number of halogens is 1. The molecular formula is C10H15ClN2S. The Hall–Kier alpha value is -0.0900. The summed E-state index contributed by atoms with van der Waals surface area (Å²) < 4.78 is 0.932. The van der Waals surface area contributed by atoms with Crippen molar-refractivity contribution in [3.63, 3.8) is 0 Å². The second-order valence-corrected chi connectivity index (χ2v) is 5.36. The van der Waals surface area contributed by atoms with E-state index < -0.39 is 0 Å². The molecule has 0 aromatic carbocycles. The third-order valence-corrected chi connectivity index (χ3v) is 4.04. The molecule has 78 valence electrons. The average Bonchev–Trinajstić information content (AvgIpc) is 2.77. The zero-order chi connectivity index (χ0) is 9.97. The molecule has 1 aliphatic heterocycles. The number of rotatable bonds is 3. The molecule has 1 aromatic heterocycles. The second-order valence-electron chi connectivity index (χ2n) is 3.85. The van der Waals surface area contributed by atoms with E-state index in [1.807, 2.05) is 5.38 Å². The van der Waals surface area contributed by atoms with Gasteiger partial charge in [-0.05, 0) is 42.4 Å². The van der Waals surface area contributed by atoms with Crippen molar-refractivity contribution in [2.24, 2.45) is 11.7 Å². The number of nitrogens with two attached hydrogens (primary N) is 1. The van der Waals surface area contributed by atoms with Crippen LogP contribution in [0.3, 0.4) is 0 Å². The van der Waals surface area contributed by atoms with Crippen LogP contribution in [0, 0.1) is 5.92 Å². The van der Waals surface area contributed by atoms with E-state index in [-0.39, 0.29) is 0 Å². The van der Waals surface area contributed by atoms with E-state index in [1.54, 1.807) is 11.3 Å². The summed E-state index contributed by atoms with van der Waals surface area (Å²) in [6.45, 7) is 4.09. The van der Waals surface area contributed by atoms with Crippen LogP contribution >= 0.6 is 22.9 Å². The lowest BCUT2D eigenvalue weighted by Crippen LogP contribution is -2.22. The molecule has 2 rings (SSSR count). The van der Waals surface area contributed by atoms with Crippen LogP contribution in [0.4, 0.5) is 0 Å². The van der Waals surface area contributed by atoms with Crippen molar-refractivity contribution in [2.45, 2.75) is 13.0 Å². The van der Waals surface area contributed by atoms with Crippen molar-refractivity contribution in [2.75, 3.05) is 19.6 Å². The van der Waals surface area contributed by atoms with Crippen LogP contribution in [0.15, 0.2) is 11.4 Å². The number of thiophene rings is 1. The zero-order valence-corrected chi connectivity index (χ0v) is 9.65. The molecule has 0 saturated carbocycles. The molecule has 2 N–H and O–H groups in total. The Morgan fingerprint density at radius 2 is 2.50 bits per heavy atom. The van der Waals surface area contributed by atoms with E-state index in [1.165, 1.54) is 12.0 Å². The first-order chi connectivity index (χ1) is 6.79. The quantitative estimate of drug-likeness (QED) is 0.863. The smallest absolute Gasteiger partial charge is 0.0973 e. The van der Waals surface area contributed by atoms with Crippen LogP contribution in [-0.4, -0.2) is 24.5 Å². The molecule has 1 atom stereocenters. The topological polar surface area (TPSA) is 29.3 Å². The monoisotopic (exact) mass is 230 g/mol. The Bertz CT molecular complexity index is 300. The zero-order valence-electron chi connectivity index (χ0n) is 8.08. The molecule has 0 spiro atoms. The van der Waals surface area contributed by atoms with Gasteiger partial charge in [0.15, 0.2) is 0 Å². The maximum Gasteiger partial charge on any atom is 0.0973 e. The first-order valence-electron chi connectivity index (χ1n) is 4.94. The van der Waals surface area contributed by atoms with Crippen molar-refractivity contribution in [1.82, 2.24) is 4.90 Å². The fourth-order valence-corrected chi connectivity index (χ4v) is 2.83. The summed E-state index contributed by atoms with van der Waals surface area (Å²) >= 11 is 7.66. The molecule has 1 fully saturated rings. The van der Waals surface area contributed by atoms with Crippen molar-refractivity contribution in [3.05, 3.63) is 21.3 Å². The van der Waals surface area contributed by atoms with Gasteiger partial charge in [-0.2, -0.15) is 0 Å². The molecule has 0 amide bonds. The van der Waals surface area contributed by atoms with Crippen molar-refractivity contribution >= 4 is 22.9 Å². The fraction of sp³-hybridized carbons (Fsp3) is 0.600. The van der Waals surface area contributed by atoms with Gasteiger partial charge in [-0.25, -0.2) is 0 Å². The van der Waals surface area contributed by atoms with Crippen LogP contribution in [0.5, 0.6) is 0 Å². The molecule has 1 unspecified atom stereocenters. The molecule has 2 nitrogen and oxygen atoms in total. The summed E-state index contributed by atoms with van der Waals surface area (Å²) in [5.74, 6) is 0.687. The Morgan fingerprint density at radius 1 is 1.64 bits per heavy atom. The summed E-state index contributed by atoms with van der Waals surface area (Å²) in [5.41, 5.74) is 6.91. The molecular weight excluding hydrogens is 216 g/mol. The summed E-state index contributed by atoms with van der Waals surface area (Å²) in [5, 5.41) is 2.05. The number of hydrogen-bond acceptors (Lipinski definition) is 3. The highest BCUT2D eigenvalue weighted by Crippen LogP contribution is 2.26. The van der Waals surface area contributed by atoms with Crippen LogP contribution in [0.25, 0.3) is 0 Å². The molecule has 0 radical (unpaired) electrons. The fourth-order valence-electron chi connectivity index (χ4n) is 1.92. The van der Waals surface area contributed by atoms with Gasteiger partial charge in [0.2, 0.25) is 0 Å². The number of hydrogen-bond donors (Lipinski definition) is 1. The van der Waals surface area contributed by atoms with Gasteiger partial charge in [0.1, 0.15) is 0 Å². The van der Waals surface area contributed by atoms with E-state index in [2.05, 4.69) is 11.0 Å². The van der Waals surface area contributed by atoms with Gasteiger partial charge in [0.05, 0.1) is 4.34 Å². The first-order valence-corrected chi connectivity index (χ1v) is 6.19. The SMILES string of the molecule is NCC1CCN(Cc2ccsc2Cl)C1. The highest BCUT2D eigenvalue weighted by atomic mass is 35.5. The van der Waals surface area contributed by atoms with Gasteiger partial charge in [-0.15, -0.1) is 11.3 Å². The van der Waals surface area contributed by atoms with E-state index >= 15 is 0 Å². The van der Waals surface area contributed by atoms with Crippen molar-refractivity contribution < 1.29 is 0 Å². The van der Waals surface area contributed by atoms with Crippen LogP contribution in [0.1, 0.15) is 12.0 Å². The van der Waals surface area contributed by atoms with Gasteiger partial charge in [-0.3, -0.25) is 4.90 Å². The highest BCUT2D eigenvalue weighted by Gasteiger charge is 2.21. The van der Waals surface area contributed by atoms with Gasteiger partial charge in [0, 0.05) is 13.1 Å². The second kappa shape index (κ2) is 4.62. The van der Waals surface area contributed by atoms with E-state index in [9.17, 15) is 0 Å². The third kappa shape index (κ3) is 2.28. The van der Waals surface area contributed by atoms with E-state index in [0.29, 0.717) is 5.92 Å². The average molecular weight is 231 g/mol. The van der Waals surface area contributed by atoms with Gasteiger partial charge in [-0.1, -0.05) is 11.6 Å². The van der Waals surface area contributed by atoms with Gasteiger partial charge >= 0.3 is 0 Å².